The van der Waals surface area contributed by atoms with Gasteiger partial charge in [0.05, 0.1) is 12.5 Å². The second-order valence-corrected chi connectivity index (χ2v) is 8.97. The summed E-state index contributed by atoms with van der Waals surface area (Å²) in [4.78, 5) is 12.4. The second-order valence-electron chi connectivity index (χ2n) is 6.82. The molecule has 7 nitrogen and oxygen atoms in total. The highest BCUT2D eigenvalue weighted by Gasteiger charge is 2.33. The topological polar surface area (TPSA) is 79.0 Å². The molecule has 1 aliphatic heterocycles. The first-order valence-corrected chi connectivity index (χ1v) is 10.3. The van der Waals surface area contributed by atoms with E-state index in [1.165, 1.54) is 22.7 Å². The van der Waals surface area contributed by atoms with Crippen LogP contribution in [0.15, 0.2) is 18.2 Å². The van der Waals surface area contributed by atoms with Gasteiger partial charge in [-0.1, -0.05) is 12.1 Å². The summed E-state index contributed by atoms with van der Waals surface area (Å²) in [5, 5.41) is 2.86. The quantitative estimate of drug-likeness (QED) is 0.720. The monoisotopic (exact) mass is 383 g/mol. The first-order valence-electron chi connectivity index (χ1n) is 8.88. The molecule has 0 saturated carbocycles. The summed E-state index contributed by atoms with van der Waals surface area (Å²) in [5.74, 6) is 0.382. The highest BCUT2D eigenvalue weighted by atomic mass is 32.2. The molecule has 0 bridgehead atoms. The Morgan fingerprint density at radius 3 is 2.77 bits per heavy atom. The molecular formula is C18H29N3O4S. The first kappa shape index (κ1) is 20.7. The van der Waals surface area contributed by atoms with Crippen LogP contribution in [0.2, 0.25) is 0 Å². The van der Waals surface area contributed by atoms with E-state index >= 15 is 0 Å². The molecule has 1 atom stereocenters. The minimum atomic E-state index is -3.47. The SMILES string of the molecule is Cc1cccc(OCCNC(=O)[C@@H]2CCCN(S(=O)(=O)N(C)C)C2)c1C. The molecule has 26 heavy (non-hydrogen) atoms. The Kier molecular flexibility index (Phi) is 7.02. The Bertz CT molecular complexity index is 734. The number of nitrogens with zero attached hydrogens (tertiary/aromatic N) is 2. The van der Waals surface area contributed by atoms with E-state index in [1.54, 1.807) is 0 Å². The fourth-order valence-corrected chi connectivity index (χ4v) is 4.15. The molecule has 1 fully saturated rings. The normalized spacial score (nSPS) is 18.7. The molecule has 146 valence electrons. The van der Waals surface area contributed by atoms with Gasteiger partial charge in [0.2, 0.25) is 5.91 Å². The van der Waals surface area contributed by atoms with Crippen molar-refractivity contribution in [2.75, 3.05) is 40.3 Å². The molecule has 0 unspecified atom stereocenters. The minimum absolute atomic E-state index is 0.117. The van der Waals surface area contributed by atoms with Crippen molar-refractivity contribution >= 4 is 16.1 Å². The molecule has 0 spiro atoms. The van der Waals surface area contributed by atoms with Gasteiger partial charge in [-0.25, -0.2) is 0 Å². The average molecular weight is 384 g/mol. The molecule has 1 saturated heterocycles. The van der Waals surface area contributed by atoms with E-state index in [4.69, 9.17) is 4.74 Å². The standard InChI is InChI=1S/C18H29N3O4S/c1-14-7-5-9-17(15(14)2)25-12-10-19-18(22)16-8-6-11-21(13-16)26(23,24)20(3)4/h5,7,9,16H,6,8,10-13H2,1-4H3,(H,19,22)/t16-/m1/s1. The van der Waals surface area contributed by atoms with E-state index in [0.29, 0.717) is 32.5 Å². The van der Waals surface area contributed by atoms with Crippen molar-refractivity contribution in [2.24, 2.45) is 5.92 Å². The lowest BCUT2D eigenvalue weighted by Gasteiger charge is -2.32. The fraction of sp³-hybridized carbons (Fsp3) is 0.611. The summed E-state index contributed by atoms with van der Waals surface area (Å²) in [6.07, 6.45) is 1.38. The zero-order chi connectivity index (χ0) is 19.3. The Hall–Kier alpha value is -1.64. The highest BCUT2D eigenvalue weighted by Crippen LogP contribution is 2.21. The molecule has 1 amide bonds. The van der Waals surface area contributed by atoms with Crippen molar-refractivity contribution in [3.05, 3.63) is 29.3 Å². The van der Waals surface area contributed by atoms with Gasteiger partial charge in [0.25, 0.3) is 10.2 Å². The van der Waals surface area contributed by atoms with Gasteiger partial charge < -0.3 is 10.1 Å². The zero-order valence-corrected chi connectivity index (χ0v) is 16.8. The number of carbonyl (C=O) groups is 1. The van der Waals surface area contributed by atoms with Crippen molar-refractivity contribution in [1.29, 1.82) is 0 Å². The molecule has 8 heteroatoms. The van der Waals surface area contributed by atoms with Crippen LogP contribution in [0.5, 0.6) is 5.75 Å². The van der Waals surface area contributed by atoms with Crippen LogP contribution in [0.25, 0.3) is 0 Å². The second kappa shape index (κ2) is 8.83. The molecule has 0 aliphatic carbocycles. The van der Waals surface area contributed by atoms with Crippen molar-refractivity contribution in [2.45, 2.75) is 26.7 Å². The third kappa shape index (κ3) is 4.96. The smallest absolute Gasteiger partial charge is 0.281 e. The predicted octanol–water partition coefficient (Wildman–Crippen LogP) is 1.32. The van der Waals surface area contributed by atoms with E-state index < -0.39 is 10.2 Å². The third-order valence-electron chi connectivity index (χ3n) is 4.76. The number of nitrogens with one attached hydrogen (secondary N) is 1. The van der Waals surface area contributed by atoms with Gasteiger partial charge >= 0.3 is 0 Å². The highest BCUT2D eigenvalue weighted by molar-refractivity contribution is 7.86. The van der Waals surface area contributed by atoms with Gasteiger partial charge in [0.1, 0.15) is 12.4 Å². The summed E-state index contributed by atoms with van der Waals surface area (Å²) in [5.41, 5.74) is 2.26. The molecule has 1 aliphatic rings. The molecule has 0 radical (unpaired) electrons. The summed E-state index contributed by atoms with van der Waals surface area (Å²) in [7, 11) is -0.467. The first-order chi connectivity index (χ1) is 12.2. The van der Waals surface area contributed by atoms with Crippen LogP contribution in [0.4, 0.5) is 0 Å². The number of piperidine rings is 1. The molecule has 1 aromatic carbocycles. The van der Waals surface area contributed by atoms with Crippen molar-refractivity contribution in [3.8, 4) is 5.75 Å². The number of aryl methyl sites for hydroxylation is 1. The number of benzene rings is 1. The Balaban J connectivity index is 1.81. The van der Waals surface area contributed by atoms with Gasteiger partial charge in [-0.2, -0.15) is 17.0 Å². The van der Waals surface area contributed by atoms with Crippen molar-refractivity contribution in [3.63, 3.8) is 0 Å². The average Bonchev–Trinajstić information content (AvgIpc) is 2.61. The van der Waals surface area contributed by atoms with Crippen LogP contribution >= 0.6 is 0 Å². The van der Waals surface area contributed by atoms with E-state index in [9.17, 15) is 13.2 Å². The van der Waals surface area contributed by atoms with Crippen LogP contribution in [0, 0.1) is 19.8 Å². The van der Waals surface area contributed by atoms with Gasteiger partial charge in [-0.3, -0.25) is 4.79 Å². The summed E-state index contributed by atoms with van der Waals surface area (Å²) < 4.78 is 32.8. The van der Waals surface area contributed by atoms with Crippen LogP contribution < -0.4 is 10.1 Å². The van der Waals surface area contributed by atoms with Gasteiger partial charge in [-0.15, -0.1) is 0 Å². The number of ether oxygens (including phenoxy) is 1. The van der Waals surface area contributed by atoms with E-state index in [-0.39, 0.29) is 18.4 Å². The lowest BCUT2D eigenvalue weighted by molar-refractivity contribution is -0.126. The van der Waals surface area contributed by atoms with E-state index in [1.807, 2.05) is 32.0 Å². The molecule has 1 N–H and O–H groups in total. The largest absolute Gasteiger partial charge is 0.491 e. The number of hydrogen-bond acceptors (Lipinski definition) is 4. The van der Waals surface area contributed by atoms with Crippen LogP contribution in [-0.4, -0.2) is 63.3 Å². The molecule has 2 rings (SSSR count). The third-order valence-corrected chi connectivity index (χ3v) is 6.66. The Morgan fingerprint density at radius 1 is 1.35 bits per heavy atom. The number of carbonyl (C=O) groups excluding carboxylic acids is 1. The number of rotatable bonds is 7. The molecule has 1 aromatic rings. The minimum Gasteiger partial charge on any atom is -0.491 e. The van der Waals surface area contributed by atoms with Crippen molar-refractivity contribution < 1.29 is 17.9 Å². The predicted molar refractivity (Wildman–Crippen MR) is 101 cm³/mol. The number of amides is 1. The lowest BCUT2D eigenvalue weighted by atomic mass is 9.99. The van der Waals surface area contributed by atoms with Gasteiger partial charge in [0.15, 0.2) is 0 Å². The Labute approximate surface area is 156 Å². The van der Waals surface area contributed by atoms with Crippen LogP contribution in [-0.2, 0) is 15.0 Å². The summed E-state index contributed by atoms with van der Waals surface area (Å²) in [6, 6.07) is 5.88. The maximum absolute atomic E-state index is 12.4. The zero-order valence-electron chi connectivity index (χ0n) is 16.0. The molecule has 1 heterocycles. The summed E-state index contributed by atoms with van der Waals surface area (Å²) in [6.45, 7) is 5.49. The number of hydrogen-bond donors (Lipinski definition) is 1. The van der Waals surface area contributed by atoms with Gasteiger partial charge in [0, 0.05) is 27.2 Å². The fourth-order valence-electron chi connectivity index (χ4n) is 2.96. The lowest BCUT2D eigenvalue weighted by Crippen LogP contribution is -2.49. The maximum atomic E-state index is 12.4. The molecular weight excluding hydrogens is 354 g/mol. The Morgan fingerprint density at radius 2 is 2.08 bits per heavy atom. The molecule has 0 aromatic heterocycles. The van der Waals surface area contributed by atoms with Crippen molar-refractivity contribution in [1.82, 2.24) is 13.9 Å². The van der Waals surface area contributed by atoms with E-state index in [2.05, 4.69) is 5.32 Å². The van der Waals surface area contributed by atoms with Crippen LogP contribution in [0.1, 0.15) is 24.0 Å². The van der Waals surface area contributed by atoms with E-state index in [0.717, 1.165) is 16.9 Å². The van der Waals surface area contributed by atoms with Gasteiger partial charge in [-0.05, 0) is 43.9 Å². The summed E-state index contributed by atoms with van der Waals surface area (Å²) >= 11 is 0. The van der Waals surface area contributed by atoms with Crippen LogP contribution in [0.3, 0.4) is 0 Å². The maximum Gasteiger partial charge on any atom is 0.281 e.